The lowest BCUT2D eigenvalue weighted by Crippen LogP contribution is -2.29. The van der Waals surface area contributed by atoms with Gasteiger partial charge in [-0.15, -0.1) is 0 Å². The van der Waals surface area contributed by atoms with Gasteiger partial charge >= 0.3 is 0 Å². The van der Waals surface area contributed by atoms with E-state index in [1.807, 2.05) is 12.1 Å². The number of hydrogen-bond donors (Lipinski definition) is 2. The normalized spacial score (nSPS) is 21.0. The fourth-order valence-corrected chi connectivity index (χ4v) is 4.86. The van der Waals surface area contributed by atoms with Crippen molar-refractivity contribution in [2.75, 3.05) is 0 Å². The SMILES string of the molecule is CCC1C(c2ccc(O)c(F)c2)Cc2ccc(O)cc2C1Cc1ccccc1F. The molecule has 0 saturated carbocycles. The molecule has 3 atom stereocenters. The Labute approximate surface area is 169 Å². The highest BCUT2D eigenvalue weighted by atomic mass is 19.1. The number of aromatic hydroxyl groups is 2. The largest absolute Gasteiger partial charge is 0.508 e. The highest BCUT2D eigenvalue weighted by Crippen LogP contribution is 2.48. The van der Waals surface area contributed by atoms with Gasteiger partial charge in [0.2, 0.25) is 0 Å². The van der Waals surface area contributed by atoms with Crippen LogP contribution in [0.4, 0.5) is 8.78 Å². The van der Waals surface area contributed by atoms with Gasteiger partial charge in [0.05, 0.1) is 0 Å². The maximum Gasteiger partial charge on any atom is 0.165 e. The lowest BCUT2D eigenvalue weighted by Gasteiger charge is -2.40. The Morgan fingerprint density at radius 2 is 1.72 bits per heavy atom. The van der Waals surface area contributed by atoms with Crippen LogP contribution in [0.15, 0.2) is 60.7 Å². The Balaban J connectivity index is 1.81. The molecule has 0 aliphatic heterocycles. The van der Waals surface area contributed by atoms with Crippen LogP contribution in [0.25, 0.3) is 0 Å². The van der Waals surface area contributed by atoms with Gasteiger partial charge in [0.25, 0.3) is 0 Å². The van der Waals surface area contributed by atoms with E-state index >= 15 is 0 Å². The highest BCUT2D eigenvalue weighted by molar-refractivity contribution is 5.44. The minimum Gasteiger partial charge on any atom is -0.508 e. The van der Waals surface area contributed by atoms with Crippen molar-refractivity contribution in [1.29, 1.82) is 0 Å². The Bertz CT molecular complexity index is 1030. The Kier molecular flexibility index (Phi) is 5.27. The van der Waals surface area contributed by atoms with Gasteiger partial charge in [-0.25, -0.2) is 8.78 Å². The number of hydrogen-bond acceptors (Lipinski definition) is 2. The lowest BCUT2D eigenvalue weighted by molar-refractivity contribution is 0.308. The van der Waals surface area contributed by atoms with E-state index in [4.69, 9.17) is 0 Å². The van der Waals surface area contributed by atoms with Crippen LogP contribution in [0, 0.1) is 17.6 Å². The smallest absolute Gasteiger partial charge is 0.165 e. The Morgan fingerprint density at radius 1 is 0.931 bits per heavy atom. The second kappa shape index (κ2) is 7.86. The minimum atomic E-state index is -0.625. The van der Waals surface area contributed by atoms with Crippen LogP contribution in [0.3, 0.4) is 0 Å². The summed E-state index contributed by atoms with van der Waals surface area (Å²) < 4.78 is 28.5. The predicted octanol–water partition coefficient (Wildman–Crippen LogP) is 6.07. The van der Waals surface area contributed by atoms with E-state index in [9.17, 15) is 19.0 Å². The third-order valence-electron chi connectivity index (χ3n) is 6.27. The number of halogens is 2. The van der Waals surface area contributed by atoms with Gasteiger partial charge in [-0.3, -0.25) is 0 Å². The summed E-state index contributed by atoms with van der Waals surface area (Å²) in [6.45, 7) is 2.09. The quantitative estimate of drug-likeness (QED) is 0.564. The van der Waals surface area contributed by atoms with Crippen molar-refractivity contribution in [2.24, 2.45) is 5.92 Å². The summed E-state index contributed by atoms with van der Waals surface area (Å²) in [7, 11) is 0. The summed E-state index contributed by atoms with van der Waals surface area (Å²) >= 11 is 0. The third-order valence-corrected chi connectivity index (χ3v) is 6.27. The molecule has 0 spiro atoms. The van der Waals surface area contributed by atoms with E-state index in [2.05, 4.69) is 6.92 Å². The lowest BCUT2D eigenvalue weighted by atomic mass is 9.64. The zero-order valence-electron chi connectivity index (χ0n) is 16.3. The summed E-state index contributed by atoms with van der Waals surface area (Å²) in [5.74, 6) is -0.829. The zero-order valence-corrected chi connectivity index (χ0v) is 16.3. The minimum absolute atomic E-state index is 0.00499. The number of benzene rings is 3. The van der Waals surface area contributed by atoms with Crippen LogP contribution in [-0.2, 0) is 12.8 Å². The molecule has 3 aromatic rings. The van der Waals surface area contributed by atoms with Crippen molar-refractivity contribution in [1.82, 2.24) is 0 Å². The van der Waals surface area contributed by atoms with Crippen molar-refractivity contribution < 1.29 is 19.0 Å². The van der Waals surface area contributed by atoms with Crippen LogP contribution in [0.1, 0.15) is 47.4 Å². The Morgan fingerprint density at radius 3 is 2.45 bits per heavy atom. The van der Waals surface area contributed by atoms with E-state index in [-0.39, 0.29) is 35.1 Å². The molecule has 1 aliphatic rings. The van der Waals surface area contributed by atoms with E-state index < -0.39 is 5.82 Å². The van der Waals surface area contributed by atoms with Gasteiger partial charge in [-0.05, 0) is 83.2 Å². The molecule has 0 bridgehead atoms. The zero-order chi connectivity index (χ0) is 20.5. The first kappa shape index (κ1) is 19.4. The topological polar surface area (TPSA) is 40.5 Å². The van der Waals surface area contributed by atoms with Crippen LogP contribution in [0.2, 0.25) is 0 Å². The molecule has 3 unspecified atom stereocenters. The van der Waals surface area contributed by atoms with E-state index in [1.165, 1.54) is 18.2 Å². The number of phenols is 2. The Hall–Kier alpha value is -2.88. The van der Waals surface area contributed by atoms with Crippen LogP contribution >= 0.6 is 0 Å². The van der Waals surface area contributed by atoms with Crippen LogP contribution in [0.5, 0.6) is 11.5 Å². The van der Waals surface area contributed by atoms with Crippen molar-refractivity contribution in [2.45, 2.75) is 38.0 Å². The molecule has 4 heteroatoms. The molecule has 0 radical (unpaired) electrons. The van der Waals surface area contributed by atoms with Gasteiger partial charge in [0.1, 0.15) is 11.6 Å². The average molecular weight is 394 g/mol. The molecule has 0 aromatic heterocycles. The first-order valence-corrected chi connectivity index (χ1v) is 10.0. The van der Waals surface area contributed by atoms with E-state index in [0.717, 1.165) is 23.1 Å². The standard InChI is InChI=1S/C25H24F2O2/c1-2-19-20(16-8-10-25(29)24(27)13-16)11-15-7-9-18(28)14-21(15)22(19)12-17-5-3-4-6-23(17)26/h3-10,13-14,19-20,22,28-29H,2,11-12H2,1H3. The molecule has 0 fully saturated rings. The van der Waals surface area contributed by atoms with Crippen molar-refractivity contribution in [3.8, 4) is 11.5 Å². The maximum absolute atomic E-state index is 14.4. The molecule has 3 aromatic carbocycles. The summed E-state index contributed by atoms with van der Waals surface area (Å²) in [6, 6.07) is 16.7. The fourth-order valence-electron chi connectivity index (χ4n) is 4.86. The van der Waals surface area contributed by atoms with Crippen molar-refractivity contribution in [3.05, 3.63) is 94.6 Å². The molecular weight excluding hydrogens is 370 g/mol. The second-order valence-corrected chi connectivity index (χ2v) is 7.88. The summed E-state index contributed by atoms with van der Waals surface area (Å²) in [5, 5.41) is 19.7. The molecule has 2 N–H and O–H groups in total. The van der Waals surface area contributed by atoms with E-state index in [1.54, 1.807) is 30.3 Å². The molecule has 1 aliphatic carbocycles. The molecule has 2 nitrogen and oxygen atoms in total. The van der Waals surface area contributed by atoms with Crippen LogP contribution < -0.4 is 0 Å². The fraction of sp³-hybridized carbons (Fsp3) is 0.280. The highest BCUT2D eigenvalue weighted by Gasteiger charge is 2.37. The summed E-state index contributed by atoms with van der Waals surface area (Å²) in [6.07, 6.45) is 2.06. The molecule has 0 saturated heterocycles. The first-order valence-electron chi connectivity index (χ1n) is 10.0. The molecule has 150 valence electrons. The second-order valence-electron chi connectivity index (χ2n) is 7.88. The average Bonchev–Trinajstić information content (AvgIpc) is 2.71. The van der Waals surface area contributed by atoms with Crippen molar-refractivity contribution in [3.63, 3.8) is 0 Å². The van der Waals surface area contributed by atoms with E-state index in [0.29, 0.717) is 18.4 Å². The van der Waals surface area contributed by atoms with Gasteiger partial charge < -0.3 is 10.2 Å². The maximum atomic E-state index is 14.4. The first-order chi connectivity index (χ1) is 14.0. The van der Waals surface area contributed by atoms with Gasteiger partial charge in [0, 0.05) is 0 Å². The number of fused-ring (bicyclic) bond motifs is 1. The number of rotatable bonds is 4. The molecule has 0 amide bonds. The molecule has 29 heavy (non-hydrogen) atoms. The third kappa shape index (κ3) is 3.71. The summed E-state index contributed by atoms with van der Waals surface area (Å²) in [5.41, 5.74) is 3.61. The van der Waals surface area contributed by atoms with Crippen LogP contribution in [-0.4, -0.2) is 10.2 Å². The molecule has 0 heterocycles. The van der Waals surface area contributed by atoms with Gasteiger partial charge in [-0.2, -0.15) is 0 Å². The van der Waals surface area contributed by atoms with Gasteiger partial charge in [0.15, 0.2) is 11.6 Å². The van der Waals surface area contributed by atoms with Gasteiger partial charge in [-0.1, -0.05) is 43.7 Å². The molecular formula is C25H24F2O2. The monoisotopic (exact) mass is 394 g/mol. The summed E-state index contributed by atoms with van der Waals surface area (Å²) in [4.78, 5) is 0. The molecule has 4 rings (SSSR count). The predicted molar refractivity (Wildman–Crippen MR) is 109 cm³/mol. The van der Waals surface area contributed by atoms with Crippen molar-refractivity contribution >= 4 is 0 Å². The number of phenolic OH excluding ortho intramolecular Hbond substituents is 2.